The molecule has 1 saturated heterocycles. The minimum Gasteiger partial charge on any atom is -0.403 e. The number of piperidine rings is 1. The number of amides is 2. The SMILES string of the molecule is C[C@@H]1[C@H](NC(=O)c2ccc(C3CC3)cc2)CCCN1c1cnc(C(N)=O)c(NC(C=NCC2CCC(F)(F)CC2)=CN)n1. The van der Waals surface area contributed by atoms with Crippen LogP contribution in [-0.4, -0.2) is 59.1 Å². The second kappa shape index (κ2) is 13.0. The molecule has 1 aromatic heterocycles. The van der Waals surface area contributed by atoms with Crippen LogP contribution in [0.3, 0.4) is 0 Å². The highest BCUT2D eigenvalue weighted by Crippen LogP contribution is 2.40. The number of halogens is 2. The van der Waals surface area contributed by atoms with Crippen LogP contribution >= 0.6 is 0 Å². The Morgan fingerprint density at radius 2 is 1.86 bits per heavy atom. The first kappa shape index (κ1) is 30.4. The molecule has 3 fully saturated rings. The summed E-state index contributed by atoms with van der Waals surface area (Å²) in [5, 5.41) is 6.19. The molecule has 3 aliphatic rings. The number of benzene rings is 1. The molecule has 10 nitrogen and oxygen atoms in total. The number of primary amides is 1. The van der Waals surface area contributed by atoms with Crippen LogP contribution in [0.1, 0.15) is 90.6 Å². The van der Waals surface area contributed by atoms with Crippen LogP contribution in [0.2, 0.25) is 0 Å². The number of carbonyl (C=O) groups is 2. The summed E-state index contributed by atoms with van der Waals surface area (Å²) in [4.78, 5) is 40.6. The molecule has 2 amide bonds. The Hall–Kier alpha value is -4.09. The first-order chi connectivity index (χ1) is 20.6. The van der Waals surface area contributed by atoms with Crippen LogP contribution < -0.4 is 27.0 Å². The van der Waals surface area contributed by atoms with Crippen LogP contribution in [-0.2, 0) is 0 Å². The van der Waals surface area contributed by atoms with Gasteiger partial charge in [0.25, 0.3) is 11.8 Å². The molecular weight excluding hydrogens is 554 g/mol. The zero-order valence-corrected chi connectivity index (χ0v) is 24.4. The van der Waals surface area contributed by atoms with Crippen molar-refractivity contribution in [1.82, 2.24) is 15.3 Å². The Kier molecular flexibility index (Phi) is 9.22. The summed E-state index contributed by atoms with van der Waals surface area (Å²) in [5.74, 6) is -2.11. The topological polar surface area (TPSA) is 152 Å². The molecule has 0 spiro atoms. The Bertz CT molecular complexity index is 1370. The van der Waals surface area contributed by atoms with E-state index in [1.54, 1.807) is 0 Å². The third-order valence-corrected chi connectivity index (χ3v) is 8.69. The molecule has 2 heterocycles. The largest absolute Gasteiger partial charge is 0.403 e. The Balaban J connectivity index is 1.25. The number of hydrogen-bond acceptors (Lipinski definition) is 8. The van der Waals surface area contributed by atoms with Gasteiger partial charge in [-0.3, -0.25) is 14.6 Å². The minimum atomic E-state index is -2.59. The summed E-state index contributed by atoms with van der Waals surface area (Å²) in [7, 11) is 0. The van der Waals surface area contributed by atoms with Gasteiger partial charge in [-0.1, -0.05) is 12.1 Å². The quantitative estimate of drug-likeness (QED) is 0.299. The molecule has 12 heteroatoms. The van der Waals surface area contributed by atoms with Crippen molar-refractivity contribution < 1.29 is 18.4 Å². The zero-order chi connectivity index (χ0) is 30.6. The maximum absolute atomic E-state index is 13.5. The number of allylic oxidation sites excluding steroid dienone is 1. The van der Waals surface area contributed by atoms with E-state index in [0.717, 1.165) is 12.8 Å². The van der Waals surface area contributed by atoms with Gasteiger partial charge in [-0.15, -0.1) is 0 Å². The van der Waals surface area contributed by atoms with E-state index in [-0.39, 0.29) is 48.3 Å². The fraction of sp³-hybridized carbons (Fsp3) is 0.516. The fourth-order valence-electron chi connectivity index (χ4n) is 5.86. The van der Waals surface area contributed by atoms with E-state index in [1.807, 2.05) is 36.1 Å². The number of aromatic nitrogens is 2. The summed E-state index contributed by atoms with van der Waals surface area (Å²) >= 11 is 0. The van der Waals surface area contributed by atoms with Crippen LogP contribution in [0.15, 0.2) is 47.4 Å². The molecule has 2 atom stereocenters. The summed E-state index contributed by atoms with van der Waals surface area (Å²) in [6.07, 6.45) is 8.94. The van der Waals surface area contributed by atoms with Crippen LogP contribution in [0.4, 0.5) is 20.4 Å². The van der Waals surface area contributed by atoms with Crippen LogP contribution in [0, 0.1) is 5.92 Å². The van der Waals surface area contributed by atoms with Gasteiger partial charge in [0.1, 0.15) is 5.82 Å². The Morgan fingerprint density at radius 1 is 1.14 bits per heavy atom. The normalized spacial score (nSPS) is 22.9. The second-order valence-corrected chi connectivity index (χ2v) is 11.9. The molecule has 6 N–H and O–H groups in total. The molecule has 0 unspecified atom stereocenters. The first-order valence-corrected chi connectivity index (χ1v) is 15.0. The average molecular weight is 595 g/mol. The van der Waals surface area contributed by atoms with E-state index >= 15 is 0 Å². The van der Waals surface area contributed by atoms with Gasteiger partial charge in [0, 0.05) is 56.0 Å². The van der Waals surface area contributed by atoms with E-state index < -0.39 is 11.8 Å². The number of alkyl halides is 2. The van der Waals surface area contributed by atoms with Crippen LogP contribution in [0.25, 0.3) is 0 Å². The van der Waals surface area contributed by atoms with E-state index in [1.165, 1.54) is 37.0 Å². The molecule has 0 bridgehead atoms. The van der Waals surface area contributed by atoms with E-state index in [0.29, 0.717) is 48.9 Å². The predicted molar refractivity (Wildman–Crippen MR) is 162 cm³/mol. The van der Waals surface area contributed by atoms with Gasteiger partial charge >= 0.3 is 0 Å². The molecular formula is C31H40F2N8O2. The Morgan fingerprint density at radius 3 is 2.51 bits per heavy atom. The molecule has 0 radical (unpaired) electrons. The Labute approximate surface area is 250 Å². The average Bonchev–Trinajstić information content (AvgIpc) is 3.84. The van der Waals surface area contributed by atoms with Crippen molar-refractivity contribution >= 4 is 29.7 Å². The van der Waals surface area contributed by atoms with Gasteiger partial charge in [0.2, 0.25) is 5.92 Å². The van der Waals surface area contributed by atoms with Gasteiger partial charge in [-0.25, -0.2) is 18.7 Å². The summed E-state index contributed by atoms with van der Waals surface area (Å²) in [6, 6.07) is 7.64. The number of nitrogens with one attached hydrogen (secondary N) is 2. The molecule has 2 saturated carbocycles. The van der Waals surface area contributed by atoms with Crippen molar-refractivity contribution in [2.24, 2.45) is 22.4 Å². The monoisotopic (exact) mass is 594 g/mol. The minimum absolute atomic E-state index is 0.0600. The lowest BCUT2D eigenvalue weighted by Crippen LogP contribution is -2.54. The predicted octanol–water partition coefficient (Wildman–Crippen LogP) is 4.35. The van der Waals surface area contributed by atoms with Gasteiger partial charge in [-0.2, -0.15) is 0 Å². The highest BCUT2D eigenvalue weighted by atomic mass is 19.3. The zero-order valence-electron chi connectivity index (χ0n) is 24.4. The maximum atomic E-state index is 13.5. The van der Waals surface area contributed by atoms with Gasteiger partial charge in [-0.05, 0) is 75.0 Å². The second-order valence-electron chi connectivity index (χ2n) is 11.9. The van der Waals surface area contributed by atoms with E-state index in [2.05, 4.69) is 25.6 Å². The molecule has 43 heavy (non-hydrogen) atoms. The van der Waals surface area contributed by atoms with Crippen molar-refractivity contribution in [1.29, 1.82) is 0 Å². The first-order valence-electron chi connectivity index (χ1n) is 15.0. The number of rotatable bonds is 10. The third-order valence-electron chi connectivity index (χ3n) is 8.69. The number of nitrogens with zero attached hydrogens (tertiary/aromatic N) is 4. The number of nitrogens with two attached hydrogens (primary N) is 2. The number of carbonyl (C=O) groups excluding carboxylic acids is 2. The summed E-state index contributed by atoms with van der Waals surface area (Å²) in [5.41, 5.74) is 13.6. The number of aliphatic imine (C=N–C) groups is 1. The summed E-state index contributed by atoms with van der Waals surface area (Å²) in [6.45, 7) is 3.11. The lowest BCUT2D eigenvalue weighted by Gasteiger charge is -2.40. The van der Waals surface area contributed by atoms with Gasteiger partial charge < -0.3 is 27.0 Å². The molecule has 230 valence electrons. The van der Waals surface area contributed by atoms with Crippen molar-refractivity contribution in [3.05, 3.63) is 59.2 Å². The smallest absolute Gasteiger partial charge is 0.271 e. The summed E-state index contributed by atoms with van der Waals surface area (Å²) < 4.78 is 26.9. The molecule has 1 aromatic carbocycles. The van der Waals surface area contributed by atoms with Crippen LogP contribution in [0.5, 0.6) is 0 Å². The van der Waals surface area contributed by atoms with Gasteiger partial charge in [0.05, 0.1) is 11.9 Å². The van der Waals surface area contributed by atoms with Crippen molar-refractivity contribution in [3.8, 4) is 0 Å². The lowest BCUT2D eigenvalue weighted by atomic mass is 9.87. The number of anilines is 2. The van der Waals surface area contributed by atoms with Gasteiger partial charge in [0.15, 0.2) is 11.5 Å². The van der Waals surface area contributed by atoms with E-state index in [9.17, 15) is 18.4 Å². The highest BCUT2D eigenvalue weighted by Gasteiger charge is 2.35. The molecule has 2 aliphatic carbocycles. The molecule has 5 rings (SSSR count). The number of hydrogen-bond donors (Lipinski definition) is 4. The van der Waals surface area contributed by atoms with Crippen molar-refractivity contribution in [2.45, 2.75) is 82.2 Å². The fourth-order valence-corrected chi connectivity index (χ4v) is 5.86. The molecule has 2 aromatic rings. The highest BCUT2D eigenvalue weighted by molar-refractivity contribution is 5.97. The van der Waals surface area contributed by atoms with E-state index in [4.69, 9.17) is 11.5 Å². The standard InChI is InChI=1S/C31H40F2N8O2/c1-19-25(39-30(43)23-8-6-22(7-9-23)21-4-5-21)3-2-14-41(19)26-18-37-27(28(35)42)29(40-26)38-24(15-34)17-36-16-20-10-12-31(32,33)13-11-20/h6-9,15,17-21,25H,2-5,10-14,16,34H2,1H3,(H2,35,42)(H,38,40)(H,39,43)/t19-,25-/m1/s1. The third kappa shape index (κ3) is 7.66. The maximum Gasteiger partial charge on any atom is 0.271 e. The lowest BCUT2D eigenvalue weighted by molar-refractivity contribution is -0.0446. The van der Waals surface area contributed by atoms with Crippen molar-refractivity contribution in [2.75, 3.05) is 23.3 Å². The molecule has 1 aliphatic heterocycles. The van der Waals surface area contributed by atoms with Crippen molar-refractivity contribution in [3.63, 3.8) is 0 Å².